The van der Waals surface area contributed by atoms with Crippen LogP contribution in [0.25, 0.3) is 0 Å². The number of nitrogens with zero attached hydrogens (tertiary/aromatic N) is 2. The molecular formula is C25H31Cl2FN4O5SSi. The zero-order valence-corrected chi connectivity index (χ0v) is 25.6. The SMILES string of the molecule is CC(C)(C)[Si](C)(C)Oc1c(N=C=Nc2ccc(F)cc2Cl)ccc(Cl)c1S(=O)(=O)NC(=O)C1CC[NH+]([O-])CC1. The van der Waals surface area contributed by atoms with Crippen LogP contribution in [0.5, 0.6) is 5.75 Å². The third-order valence-corrected chi connectivity index (χ3v) is 13.3. The van der Waals surface area contributed by atoms with Gasteiger partial charge in [0.2, 0.25) is 5.91 Å². The molecule has 1 saturated heterocycles. The summed E-state index contributed by atoms with van der Waals surface area (Å²) >= 11 is 12.4. The third-order valence-electron chi connectivity index (χ3n) is 6.88. The molecule has 9 nitrogen and oxygen atoms in total. The number of rotatable bonds is 7. The molecule has 1 fully saturated rings. The Balaban J connectivity index is 2.10. The maximum atomic E-state index is 13.6. The summed E-state index contributed by atoms with van der Waals surface area (Å²) in [7, 11) is -7.18. The van der Waals surface area contributed by atoms with Gasteiger partial charge in [-0.1, -0.05) is 44.0 Å². The molecule has 0 unspecified atom stereocenters. The Kier molecular flexibility index (Phi) is 9.65. The summed E-state index contributed by atoms with van der Waals surface area (Å²) in [5, 5.41) is 11.2. The van der Waals surface area contributed by atoms with Gasteiger partial charge in [0, 0.05) is 18.8 Å². The van der Waals surface area contributed by atoms with E-state index in [1.165, 1.54) is 24.3 Å². The molecule has 0 aliphatic carbocycles. The lowest BCUT2D eigenvalue weighted by Crippen LogP contribution is -3.08. The highest BCUT2D eigenvalue weighted by Gasteiger charge is 2.42. The van der Waals surface area contributed by atoms with E-state index in [1.54, 1.807) is 0 Å². The standard InChI is InChI=1S/C25H31Cl2FN4O5SSi/c1-25(2,3)39(4,5)37-22-21(30-15-29-20-8-6-17(28)14-19(20)27)9-7-18(26)23(22)38(35,36)31-24(33)16-10-12-32(34)13-11-16/h6-9,14,16,32H,10-13H2,1-5H3,(H,31,33). The summed E-state index contributed by atoms with van der Waals surface area (Å²) in [5.74, 6) is -2.00. The third kappa shape index (κ3) is 7.67. The molecule has 0 saturated carbocycles. The highest BCUT2D eigenvalue weighted by atomic mass is 35.5. The van der Waals surface area contributed by atoms with Crippen molar-refractivity contribution in [2.75, 3.05) is 13.1 Å². The zero-order valence-electron chi connectivity index (χ0n) is 22.3. The molecule has 1 heterocycles. The molecule has 1 aliphatic heterocycles. The Bertz CT molecular complexity index is 1420. The first-order valence-electron chi connectivity index (χ1n) is 12.2. The molecule has 0 bridgehead atoms. The second kappa shape index (κ2) is 12.1. The molecule has 2 aromatic rings. The van der Waals surface area contributed by atoms with Gasteiger partial charge in [0.15, 0.2) is 5.75 Å². The Morgan fingerprint density at radius 3 is 2.31 bits per heavy atom. The zero-order chi connectivity index (χ0) is 29.2. The van der Waals surface area contributed by atoms with Crippen molar-refractivity contribution >= 4 is 64.8 Å². The van der Waals surface area contributed by atoms with Crippen molar-refractivity contribution in [1.29, 1.82) is 0 Å². The minimum atomic E-state index is -4.51. The van der Waals surface area contributed by atoms with Crippen LogP contribution >= 0.6 is 23.2 Å². The number of hydrogen-bond acceptors (Lipinski definition) is 7. The van der Waals surface area contributed by atoms with Gasteiger partial charge in [0.1, 0.15) is 22.4 Å². The van der Waals surface area contributed by atoms with E-state index in [2.05, 4.69) is 20.7 Å². The molecule has 0 aromatic heterocycles. The van der Waals surface area contributed by atoms with Gasteiger partial charge in [-0.2, -0.15) is 9.98 Å². The molecule has 3 rings (SSSR count). The van der Waals surface area contributed by atoms with Crippen molar-refractivity contribution in [3.05, 3.63) is 51.4 Å². The average molecular weight is 618 g/mol. The molecule has 0 atom stereocenters. The lowest BCUT2D eigenvalue weighted by Gasteiger charge is -2.37. The Morgan fingerprint density at radius 2 is 1.72 bits per heavy atom. The van der Waals surface area contributed by atoms with Crippen molar-refractivity contribution in [2.45, 2.75) is 56.6 Å². The number of halogens is 3. The molecule has 1 aliphatic rings. The number of quaternary nitrogens is 1. The summed E-state index contributed by atoms with van der Waals surface area (Å²) in [4.78, 5) is 20.6. The van der Waals surface area contributed by atoms with Crippen LogP contribution in [-0.2, 0) is 14.8 Å². The minimum Gasteiger partial charge on any atom is -0.634 e. The Morgan fingerprint density at radius 1 is 1.13 bits per heavy atom. The predicted octanol–water partition coefficient (Wildman–Crippen LogP) is 5.25. The number of carbonyl (C=O) groups excluding carboxylic acids is 1. The first-order valence-corrected chi connectivity index (χ1v) is 17.4. The lowest BCUT2D eigenvalue weighted by atomic mass is 9.97. The van der Waals surface area contributed by atoms with E-state index in [4.69, 9.17) is 27.6 Å². The van der Waals surface area contributed by atoms with Crippen LogP contribution in [0, 0.1) is 16.9 Å². The molecular weight excluding hydrogens is 586 g/mol. The van der Waals surface area contributed by atoms with Crippen LogP contribution in [0.4, 0.5) is 15.8 Å². The number of amides is 1. The summed E-state index contributed by atoms with van der Waals surface area (Å²) in [5.41, 5.74) is 0.260. The van der Waals surface area contributed by atoms with Crippen molar-refractivity contribution in [3.63, 3.8) is 0 Å². The summed E-state index contributed by atoms with van der Waals surface area (Å²) < 4.78 is 49.0. The van der Waals surface area contributed by atoms with E-state index in [9.17, 15) is 22.8 Å². The second-order valence-electron chi connectivity index (χ2n) is 10.8. The number of sulfonamides is 1. The summed E-state index contributed by atoms with van der Waals surface area (Å²) in [6, 6.07) is 8.85. The van der Waals surface area contributed by atoms with Gasteiger partial charge >= 0.3 is 0 Å². The fourth-order valence-corrected chi connectivity index (χ4v) is 6.56. The van der Waals surface area contributed by atoms with E-state index in [-0.39, 0.29) is 63.2 Å². The normalized spacial score (nSPS) is 18.2. The number of hydrogen-bond donors (Lipinski definition) is 2. The largest absolute Gasteiger partial charge is 0.634 e. The van der Waals surface area contributed by atoms with Gasteiger partial charge in [-0.3, -0.25) is 4.79 Å². The fourth-order valence-electron chi connectivity index (χ4n) is 3.55. The molecule has 0 radical (unpaired) electrons. The first kappa shape index (κ1) is 31.2. The number of piperidine rings is 1. The van der Waals surface area contributed by atoms with Crippen LogP contribution < -0.4 is 14.2 Å². The summed E-state index contributed by atoms with van der Waals surface area (Å²) in [6.45, 7) is 10.2. The van der Waals surface area contributed by atoms with Crippen molar-refractivity contribution < 1.29 is 27.1 Å². The molecule has 2 aromatic carbocycles. The molecule has 0 spiro atoms. The minimum absolute atomic E-state index is 0.0435. The molecule has 212 valence electrons. The fraction of sp³-hybridized carbons (Fsp3) is 0.440. The van der Waals surface area contributed by atoms with Gasteiger partial charge in [-0.15, -0.1) is 0 Å². The topological polar surface area (TPSA) is 125 Å². The van der Waals surface area contributed by atoms with Crippen LogP contribution in [0.2, 0.25) is 28.2 Å². The molecule has 39 heavy (non-hydrogen) atoms. The van der Waals surface area contributed by atoms with Gasteiger partial charge < -0.3 is 14.7 Å². The number of nitrogens with one attached hydrogen (secondary N) is 2. The van der Waals surface area contributed by atoms with Crippen molar-refractivity contribution in [3.8, 4) is 5.75 Å². The van der Waals surface area contributed by atoms with E-state index < -0.39 is 40.9 Å². The van der Waals surface area contributed by atoms with Crippen molar-refractivity contribution in [1.82, 2.24) is 4.72 Å². The molecule has 1 amide bonds. The molecule has 14 heteroatoms. The Hall–Kier alpha value is -2.31. The number of aliphatic imine (C=N–C) groups is 2. The van der Waals surface area contributed by atoms with Crippen LogP contribution in [-0.4, -0.2) is 41.7 Å². The van der Waals surface area contributed by atoms with Gasteiger partial charge in [-0.25, -0.2) is 17.5 Å². The maximum Gasteiger partial charge on any atom is 0.269 e. The smallest absolute Gasteiger partial charge is 0.269 e. The van der Waals surface area contributed by atoms with E-state index in [0.29, 0.717) is 0 Å². The number of carbonyl (C=O) groups is 1. The average Bonchev–Trinajstić information content (AvgIpc) is 2.80. The number of benzene rings is 2. The van der Waals surface area contributed by atoms with Gasteiger partial charge in [-0.05, 0) is 48.5 Å². The van der Waals surface area contributed by atoms with E-state index >= 15 is 0 Å². The molecule has 2 N–H and O–H groups in total. The quantitative estimate of drug-likeness (QED) is 0.250. The summed E-state index contributed by atoms with van der Waals surface area (Å²) in [6.07, 6.45) is 0.544. The monoisotopic (exact) mass is 616 g/mol. The van der Waals surface area contributed by atoms with E-state index in [0.717, 1.165) is 6.07 Å². The second-order valence-corrected chi connectivity index (χ2v) is 17.9. The van der Waals surface area contributed by atoms with Crippen LogP contribution in [0.15, 0.2) is 45.2 Å². The van der Waals surface area contributed by atoms with Gasteiger partial charge in [0.25, 0.3) is 18.3 Å². The van der Waals surface area contributed by atoms with Crippen LogP contribution in [0.1, 0.15) is 33.6 Å². The number of hydroxylamine groups is 2. The van der Waals surface area contributed by atoms with Crippen LogP contribution in [0.3, 0.4) is 0 Å². The highest BCUT2D eigenvalue weighted by Crippen LogP contribution is 2.45. The lowest BCUT2D eigenvalue weighted by molar-refractivity contribution is -0.854. The Labute approximate surface area is 238 Å². The van der Waals surface area contributed by atoms with E-state index in [1.807, 2.05) is 33.9 Å². The highest BCUT2D eigenvalue weighted by molar-refractivity contribution is 7.90. The first-order chi connectivity index (χ1) is 18.0. The van der Waals surface area contributed by atoms with Crippen molar-refractivity contribution in [2.24, 2.45) is 15.9 Å². The maximum absolute atomic E-state index is 13.6. The predicted molar refractivity (Wildman–Crippen MR) is 152 cm³/mol. The van der Waals surface area contributed by atoms with Gasteiger partial charge in [0.05, 0.1) is 28.8 Å².